The topological polar surface area (TPSA) is 48.0 Å². The fourth-order valence-electron chi connectivity index (χ4n) is 3.01. The van der Waals surface area contributed by atoms with Crippen molar-refractivity contribution >= 4 is 5.91 Å². The van der Waals surface area contributed by atoms with Crippen molar-refractivity contribution in [3.8, 4) is 5.75 Å². The molecule has 1 aromatic rings. The van der Waals surface area contributed by atoms with Crippen LogP contribution < -0.4 is 4.74 Å². The molecular weight excluding hydrogens is 282 g/mol. The van der Waals surface area contributed by atoms with Gasteiger partial charge in [0, 0.05) is 6.54 Å². The number of nitrogens with zero attached hydrogens (tertiary/aromatic N) is 1. The first kappa shape index (κ1) is 15.3. The molecule has 2 saturated heterocycles. The van der Waals surface area contributed by atoms with E-state index in [1.165, 1.54) is 5.56 Å². The molecule has 0 bridgehead atoms. The van der Waals surface area contributed by atoms with E-state index >= 15 is 0 Å². The number of carbonyl (C=O) groups excluding carboxylic acids is 1. The van der Waals surface area contributed by atoms with Crippen LogP contribution in [0.1, 0.15) is 24.8 Å². The van der Waals surface area contributed by atoms with Gasteiger partial charge in [0.05, 0.1) is 19.3 Å². The summed E-state index contributed by atoms with van der Waals surface area (Å²) in [5, 5.41) is 0. The fraction of sp³-hybridized carbons (Fsp3) is 0.588. The fourth-order valence-corrected chi connectivity index (χ4v) is 3.01. The molecule has 2 fully saturated rings. The van der Waals surface area contributed by atoms with Gasteiger partial charge in [-0.25, -0.2) is 0 Å². The van der Waals surface area contributed by atoms with Crippen molar-refractivity contribution in [3.63, 3.8) is 0 Å². The number of ether oxygens (including phenoxy) is 3. The Morgan fingerprint density at radius 3 is 2.68 bits per heavy atom. The van der Waals surface area contributed by atoms with Crippen LogP contribution in [0.5, 0.6) is 5.75 Å². The van der Waals surface area contributed by atoms with Crippen molar-refractivity contribution < 1.29 is 19.0 Å². The number of hydrogen-bond donors (Lipinski definition) is 0. The van der Waals surface area contributed by atoms with Crippen LogP contribution in [0.3, 0.4) is 0 Å². The van der Waals surface area contributed by atoms with Gasteiger partial charge in [0.1, 0.15) is 5.75 Å². The van der Waals surface area contributed by atoms with Gasteiger partial charge in [0.2, 0.25) is 0 Å². The van der Waals surface area contributed by atoms with Gasteiger partial charge in [-0.3, -0.25) is 4.79 Å². The molecule has 1 atom stereocenters. The zero-order valence-corrected chi connectivity index (χ0v) is 13.0. The smallest absolute Gasteiger partial charge is 0.260 e. The lowest BCUT2D eigenvalue weighted by atomic mass is 10.0. The van der Waals surface area contributed by atoms with Crippen LogP contribution in [-0.2, 0) is 14.3 Å². The quantitative estimate of drug-likeness (QED) is 0.855. The van der Waals surface area contributed by atoms with Gasteiger partial charge in [-0.15, -0.1) is 0 Å². The summed E-state index contributed by atoms with van der Waals surface area (Å²) in [7, 11) is 0. The van der Waals surface area contributed by atoms with Crippen LogP contribution >= 0.6 is 0 Å². The molecule has 2 aliphatic heterocycles. The predicted octanol–water partition coefficient (Wildman–Crippen LogP) is 2.13. The minimum Gasteiger partial charge on any atom is -0.484 e. The SMILES string of the molecule is Cc1ccc(OCC(=O)N2CCCCC2C2OCCO2)cc1. The third kappa shape index (κ3) is 3.59. The molecule has 1 unspecified atom stereocenters. The lowest BCUT2D eigenvalue weighted by molar-refractivity contribution is -0.152. The van der Waals surface area contributed by atoms with Crippen LogP contribution in [0.4, 0.5) is 0 Å². The average molecular weight is 305 g/mol. The Bertz CT molecular complexity index is 496. The Kier molecular flexibility index (Phi) is 4.95. The first-order valence-corrected chi connectivity index (χ1v) is 7.96. The molecule has 0 spiro atoms. The highest BCUT2D eigenvalue weighted by molar-refractivity contribution is 5.78. The minimum absolute atomic E-state index is 0.00405. The van der Waals surface area contributed by atoms with Crippen LogP contribution in [0.25, 0.3) is 0 Å². The van der Waals surface area contributed by atoms with E-state index in [4.69, 9.17) is 14.2 Å². The second-order valence-electron chi connectivity index (χ2n) is 5.86. The van der Waals surface area contributed by atoms with Crippen LogP contribution in [0, 0.1) is 6.92 Å². The molecule has 1 amide bonds. The monoisotopic (exact) mass is 305 g/mol. The summed E-state index contributed by atoms with van der Waals surface area (Å²) >= 11 is 0. The highest BCUT2D eigenvalue weighted by atomic mass is 16.7. The maximum atomic E-state index is 12.5. The number of piperidine rings is 1. The Balaban J connectivity index is 1.58. The molecule has 0 aromatic heterocycles. The molecule has 3 rings (SSSR count). The minimum atomic E-state index is -0.274. The van der Waals surface area contributed by atoms with E-state index in [1.54, 1.807) is 0 Å². The maximum Gasteiger partial charge on any atom is 0.260 e. The third-order valence-electron chi connectivity index (χ3n) is 4.21. The van der Waals surface area contributed by atoms with Gasteiger partial charge in [-0.1, -0.05) is 17.7 Å². The summed E-state index contributed by atoms with van der Waals surface area (Å²) in [6, 6.07) is 7.75. The summed E-state index contributed by atoms with van der Waals surface area (Å²) in [6.45, 7) is 4.07. The molecule has 0 aliphatic carbocycles. The number of benzene rings is 1. The summed E-state index contributed by atoms with van der Waals surface area (Å²) < 4.78 is 16.8. The van der Waals surface area contributed by atoms with Crippen molar-refractivity contribution in [1.29, 1.82) is 0 Å². The number of carbonyl (C=O) groups is 1. The van der Waals surface area contributed by atoms with Crippen molar-refractivity contribution in [2.45, 2.75) is 38.5 Å². The molecule has 5 heteroatoms. The zero-order valence-electron chi connectivity index (χ0n) is 13.0. The van der Waals surface area contributed by atoms with Crippen molar-refractivity contribution in [2.75, 3.05) is 26.4 Å². The van der Waals surface area contributed by atoms with E-state index in [9.17, 15) is 4.79 Å². The van der Waals surface area contributed by atoms with E-state index < -0.39 is 0 Å². The number of rotatable bonds is 4. The molecule has 1 aromatic carbocycles. The van der Waals surface area contributed by atoms with Gasteiger partial charge in [-0.2, -0.15) is 0 Å². The average Bonchev–Trinajstić information content (AvgIpc) is 3.08. The van der Waals surface area contributed by atoms with Gasteiger partial charge < -0.3 is 19.1 Å². The number of amides is 1. The highest BCUT2D eigenvalue weighted by Crippen LogP contribution is 2.24. The second-order valence-corrected chi connectivity index (χ2v) is 5.86. The van der Waals surface area contributed by atoms with Crippen LogP contribution in [0.15, 0.2) is 24.3 Å². The Morgan fingerprint density at radius 1 is 1.23 bits per heavy atom. The molecule has 0 saturated carbocycles. The van der Waals surface area contributed by atoms with Crippen molar-refractivity contribution in [1.82, 2.24) is 4.90 Å². The molecular formula is C17H23NO4. The summed E-state index contributed by atoms with van der Waals surface area (Å²) in [4.78, 5) is 14.4. The standard InChI is InChI=1S/C17H23NO4/c1-13-5-7-14(8-6-13)22-12-16(19)18-9-3-2-4-15(18)17-20-10-11-21-17/h5-8,15,17H,2-4,9-12H2,1H3. The molecule has 5 nitrogen and oxygen atoms in total. The summed E-state index contributed by atoms with van der Waals surface area (Å²) in [5.41, 5.74) is 1.17. The highest BCUT2D eigenvalue weighted by Gasteiger charge is 2.36. The van der Waals surface area contributed by atoms with E-state index in [0.29, 0.717) is 13.2 Å². The van der Waals surface area contributed by atoms with Crippen LogP contribution in [0.2, 0.25) is 0 Å². The van der Waals surface area contributed by atoms with E-state index in [2.05, 4.69) is 0 Å². The second kappa shape index (κ2) is 7.11. The molecule has 120 valence electrons. The first-order chi connectivity index (χ1) is 10.7. The molecule has 0 radical (unpaired) electrons. The van der Waals surface area contributed by atoms with Gasteiger partial charge in [-0.05, 0) is 38.3 Å². The van der Waals surface area contributed by atoms with E-state index in [1.807, 2.05) is 36.1 Å². The third-order valence-corrected chi connectivity index (χ3v) is 4.21. The first-order valence-electron chi connectivity index (χ1n) is 7.96. The number of aryl methyl sites for hydroxylation is 1. The van der Waals surface area contributed by atoms with Gasteiger partial charge >= 0.3 is 0 Å². The predicted molar refractivity (Wildman–Crippen MR) is 81.7 cm³/mol. The Hall–Kier alpha value is -1.59. The van der Waals surface area contributed by atoms with Crippen molar-refractivity contribution in [2.24, 2.45) is 0 Å². The van der Waals surface area contributed by atoms with E-state index in [0.717, 1.165) is 31.6 Å². The zero-order chi connectivity index (χ0) is 15.4. The molecule has 0 N–H and O–H groups in total. The molecule has 22 heavy (non-hydrogen) atoms. The summed E-state index contributed by atoms with van der Waals surface area (Å²) in [6.07, 6.45) is 2.79. The lowest BCUT2D eigenvalue weighted by Gasteiger charge is -2.37. The number of likely N-dealkylation sites (tertiary alicyclic amines) is 1. The van der Waals surface area contributed by atoms with Crippen LogP contribution in [-0.4, -0.2) is 49.5 Å². The van der Waals surface area contributed by atoms with Crippen molar-refractivity contribution in [3.05, 3.63) is 29.8 Å². The maximum absolute atomic E-state index is 12.5. The Morgan fingerprint density at radius 2 is 1.95 bits per heavy atom. The van der Waals surface area contributed by atoms with Gasteiger partial charge in [0.25, 0.3) is 5.91 Å². The van der Waals surface area contributed by atoms with E-state index in [-0.39, 0.29) is 24.8 Å². The lowest BCUT2D eigenvalue weighted by Crippen LogP contribution is -2.51. The number of hydrogen-bond acceptors (Lipinski definition) is 4. The molecule has 2 heterocycles. The summed E-state index contributed by atoms with van der Waals surface area (Å²) in [5.74, 6) is 0.727. The normalized spacial score (nSPS) is 22.8. The largest absolute Gasteiger partial charge is 0.484 e. The Labute approximate surface area is 131 Å². The molecule has 2 aliphatic rings. The van der Waals surface area contributed by atoms with Gasteiger partial charge in [0.15, 0.2) is 12.9 Å².